The Bertz CT molecular complexity index is 453. The zero-order valence-corrected chi connectivity index (χ0v) is 19.2. The molecule has 2 fully saturated rings. The Labute approximate surface area is 176 Å². The molecule has 0 aromatic rings. The number of hydrogen-bond acceptors (Lipinski definition) is 4. The first-order valence-electron chi connectivity index (χ1n) is 9.92. The van der Waals surface area contributed by atoms with Crippen LogP contribution in [0.5, 0.6) is 0 Å². The van der Waals surface area contributed by atoms with Crippen molar-refractivity contribution < 1.29 is 9.53 Å². The lowest BCUT2D eigenvalue weighted by Crippen LogP contribution is -2.41. The number of ether oxygens (including phenoxy) is 1. The fraction of sp³-hybridized carbons (Fsp3) is 0.895. The van der Waals surface area contributed by atoms with Crippen molar-refractivity contribution in [1.82, 2.24) is 15.1 Å². The largest absolute Gasteiger partial charge is 0.469 e. The quantitative estimate of drug-likeness (QED) is 0.274. The molecule has 0 aliphatic carbocycles. The van der Waals surface area contributed by atoms with Crippen LogP contribution in [0.25, 0.3) is 0 Å². The topological polar surface area (TPSA) is 57.2 Å². The Kier molecular flexibility index (Phi) is 10.8. The number of methoxy groups -OCH3 is 1. The first-order valence-corrected chi connectivity index (χ1v) is 9.92. The second-order valence-electron chi connectivity index (χ2n) is 7.49. The number of nitrogens with zero attached hydrogens (tertiary/aromatic N) is 3. The molecule has 2 aliphatic rings. The number of hydrogen-bond donors (Lipinski definition) is 1. The Morgan fingerprint density at radius 1 is 1.23 bits per heavy atom. The van der Waals surface area contributed by atoms with Crippen molar-refractivity contribution in [2.75, 3.05) is 52.9 Å². The van der Waals surface area contributed by atoms with E-state index in [0.717, 1.165) is 25.6 Å². The smallest absolute Gasteiger partial charge is 0.310 e. The van der Waals surface area contributed by atoms with Crippen LogP contribution in [0.2, 0.25) is 0 Å². The maximum absolute atomic E-state index is 11.9. The fourth-order valence-corrected chi connectivity index (χ4v) is 3.95. The molecule has 2 atom stereocenters. The Morgan fingerprint density at radius 3 is 2.50 bits per heavy atom. The number of aliphatic imine (C=N–C) groups is 1. The van der Waals surface area contributed by atoms with Gasteiger partial charge in [0, 0.05) is 26.2 Å². The van der Waals surface area contributed by atoms with E-state index < -0.39 is 0 Å². The number of nitrogens with one attached hydrogen (secondary N) is 1. The summed E-state index contributed by atoms with van der Waals surface area (Å²) in [5, 5.41) is 3.40. The van der Waals surface area contributed by atoms with E-state index in [2.05, 4.69) is 35.9 Å². The molecule has 0 bridgehead atoms. The van der Waals surface area contributed by atoms with E-state index in [1.54, 1.807) is 0 Å². The SMILES string of the molecule is CCCN1CCC(CN=C(NCC)N2CC(C)C(C(=O)OC)C2)CC1.I. The van der Waals surface area contributed by atoms with E-state index in [4.69, 9.17) is 9.73 Å². The van der Waals surface area contributed by atoms with Gasteiger partial charge in [-0.1, -0.05) is 13.8 Å². The van der Waals surface area contributed by atoms with Gasteiger partial charge in [0.2, 0.25) is 0 Å². The van der Waals surface area contributed by atoms with Gasteiger partial charge in [-0.05, 0) is 57.7 Å². The summed E-state index contributed by atoms with van der Waals surface area (Å²) >= 11 is 0. The van der Waals surface area contributed by atoms with Crippen LogP contribution >= 0.6 is 24.0 Å². The van der Waals surface area contributed by atoms with Crippen molar-refractivity contribution in [3.63, 3.8) is 0 Å². The van der Waals surface area contributed by atoms with Crippen LogP contribution in [0, 0.1) is 17.8 Å². The van der Waals surface area contributed by atoms with Crippen molar-refractivity contribution in [2.45, 2.75) is 40.0 Å². The number of carbonyl (C=O) groups is 1. The minimum absolute atomic E-state index is 0. The van der Waals surface area contributed by atoms with E-state index in [9.17, 15) is 4.79 Å². The number of likely N-dealkylation sites (tertiary alicyclic amines) is 2. The number of rotatable bonds is 6. The molecule has 2 rings (SSSR count). The van der Waals surface area contributed by atoms with Gasteiger partial charge in [0.15, 0.2) is 5.96 Å². The number of halogens is 1. The maximum Gasteiger partial charge on any atom is 0.310 e. The van der Waals surface area contributed by atoms with Gasteiger partial charge in [0.25, 0.3) is 0 Å². The molecule has 1 N–H and O–H groups in total. The van der Waals surface area contributed by atoms with Crippen molar-refractivity contribution in [1.29, 1.82) is 0 Å². The molecule has 2 aliphatic heterocycles. The molecule has 0 radical (unpaired) electrons. The minimum Gasteiger partial charge on any atom is -0.469 e. The van der Waals surface area contributed by atoms with Gasteiger partial charge in [-0.15, -0.1) is 24.0 Å². The molecule has 152 valence electrons. The third-order valence-electron chi connectivity index (χ3n) is 5.50. The molecule has 6 nitrogen and oxygen atoms in total. The van der Waals surface area contributed by atoms with Crippen molar-refractivity contribution in [3.05, 3.63) is 0 Å². The highest BCUT2D eigenvalue weighted by molar-refractivity contribution is 14.0. The number of carbonyl (C=O) groups excluding carboxylic acids is 1. The first kappa shape index (κ1) is 23.5. The van der Waals surface area contributed by atoms with Gasteiger partial charge in [-0.25, -0.2) is 0 Å². The van der Waals surface area contributed by atoms with Crippen molar-refractivity contribution in [3.8, 4) is 0 Å². The molecule has 0 aromatic heterocycles. The molecule has 2 unspecified atom stereocenters. The lowest BCUT2D eigenvalue weighted by atomic mass is 9.97. The standard InChI is InChI=1S/C19H36N4O2.HI/c1-5-9-22-10-7-16(8-11-22)12-21-19(20-6-2)23-13-15(3)17(14-23)18(24)25-4;/h15-17H,5-14H2,1-4H3,(H,20,21);1H. The van der Waals surface area contributed by atoms with Gasteiger partial charge >= 0.3 is 5.97 Å². The Morgan fingerprint density at radius 2 is 1.92 bits per heavy atom. The second-order valence-corrected chi connectivity index (χ2v) is 7.49. The highest BCUT2D eigenvalue weighted by Crippen LogP contribution is 2.24. The van der Waals surface area contributed by atoms with Crippen LogP contribution in [-0.4, -0.2) is 74.7 Å². The summed E-state index contributed by atoms with van der Waals surface area (Å²) in [4.78, 5) is 21.6. The van der Waals surface area contributed by atoms with Crippen LogP contribution < -0.4 is 5.32 Å². The summed E-state index contributed by atoms with van der Waals surface area (Å²) in [5.74, 6) is 1.78. The van der Waals surface area contributed by atoms with Gasteiger partial charge in [-0.2, -0.15) is 0 Å². The third kappa shape index (κ3) is 6.55. The molecule has 2 saturated heterocycles. The molecule has 0 saturated carbocycles. The number of guanidine groups is 1. The zero-order valence-electron chi connectivity index (χ0n) is 16.9. The summed E-state index contributed by atoms with van der Waals surface area (Å²) in [6.45, 7) is 13.4. The predicted molar refractivity (Wildman–Crippen MR) is 117 cm³/mol. The lowest BCUT2D eigenvalue weighted by molar-refractivity contribution is -0.145. The van der Waals surface area contributed by atoms with Gasteiger partial charge < -0.3 is 19.9 Å². The number of piperidine rings is 1. The Hall–Kier alpha value is -0.570. The van der Waals surface area contributed by atoms with Crippen LogP contribution in [0.1, 0.15) is 40.0 Å². The molecule has 0 amide bonds. The van der Waals surface area contributed by atoms with Crippen molar-refractivity contribution in [2.24, 2.45) is 22.7 Å². The summed E-state index contributed by atoms with van der Waals surface area (Å²) in [7, 11) is 1.47. The van der Waals surface area contributed by atoms with E-state index in [1.807, 2.05) is 0 Å². The monoisotopic (exact) mass is 480 g/mol. The lowest BCUT2D eigenvalue weighted by Gasteiger charge is -2.31. The fourth-order valence-electron chi connectivity index (χ4n) is 3.95. The molecular weight excluding hydrogens is 443 g/mol. The van der Waals surface area contributed by atoms with Crippen LogP contribution in [0.3, 0.4) is 0 Å². The molecule has 0 spiro atoms. The van der Waals surface area contributed by atoms with Gasteiger partial charge in [0.05, 0.1) is 13.0 Å². The second kappa shape index (κ2) is 12.0. The average molecular weight is 480 g/mol. The molecule has 0 aromatic carbocycles. The van der Waals surface area contributed by atoms with Crippen LogP contribution in [-0.2, 0) is 9.53 Å². The summed E-state index contributed by atoms with van der Waals surface area (Å²) in [6.07, 6.45) is 3.72. The van der Waals surface area contributed by atoms with E-state index in [0.29, 0.717) is 18.4 Å². The number of esters is 1. The average Bonchev–Trinajstić information content (AvgIpc) is 3.01. The van der Waals surface area contributed by atoms with E-state index >= 15 is 0 Å². The maximum atomic E-state index is 11.9. The molecular formula is C19H37IN4O2. The first-order chi connectivity index (χ1) is 12.1. The van der Waals surface area contributed by atoms with Crippen molar-refractivity contribution >= 4 is 35.9 Å². The predicted octanol–water partition coefficient (Wildman–Crippen LogP) is 2.43. The van der Waals surface area contributed by atoms with Crippen LogP contribution in [0.4, 0.5) is 0 Å². The normalized spacial score (nSPS) is 25.1. The highest BCUT2D eigenvalue weighted by atomic mass is 127. The highest BCUT2D eigenvalue weighted by Gasteiger charge is 2.37. The zero-order chi connectivity index (χ0) is 18.2. The Balaban J connectivity index is 0.00000338. The molecule has 7 heteroatoms. The van der Waals surface area contributed by atoms with Gasteiger partial charge in [0.1, 0.15) is 0 Å². The summed E-state index contributed by atoms with van der Waals surface area (Å²) in [5.41, 5.74) is 0. The minimum atomic E-state index is -0.103. The van der Waals surface area contributed by atoms with E-state index in [-0.39, 0.29) is 35.9 Å². The third-order valence-corrected chi connectivity index (χ3v) is 5.50. The molecule has 26 heavy (non-hydrogen) atoms. The van der Waals surface area contributed by atoms with Crippen LogP contribution in [0.15, 0.2) is 4.99 Å². The van der Waals surface area contributed by atoms with E-state index in [1.165, 1.54) is 46.0 Å². The summed E-state index contributed by atoms with van der Waals surface area (Å²) in [6, 6.07) is 0. The molecule has 2 heterocycles. The van der Waals surface area contributed by atoms with Gasteiger partial charge in [-0.3, -0.25) is 9.79 Å². The summed E-state index contributed by atoms with van der Waals surface area (Å²) < 4.78 is 4.95.